The van der Waals surface area contributed by atoms with Crippen LogP contribution < -0.4 is 20.3 Å². The zero-order valence-corrected chi connectivity index (χ0v) is 20.1. The van der Waals surface area contributed by atoms with E-state index in [4.69, 9.17) is 31.0 Å². The van der Waals surface area contributed by atoms with Crippen LogP contribution in [0, 0.1) is 0 Å². The van der Waals surface area contributed by atoms with Crippen LogP contribution in [-0.2, 0) is 11.2 Å². The van der Waals surface area contributed by atoms with Crippen molar-refractivity contribution in [2.45, 2.75) is 38.8 Å². The standard InChI is InChI=1S/C26H29ClN2O5/c1-26(2,3)34-25(30)29-20(17-28-31)16-18-4-8-21(9-5-18)32-23-12-14-24(15-13-23)33-22-10-6-19(27)7-11-22/h4-15,20,28,31H,16-17H2,1-3H3,(H,29,30). The van der Waals surface area contributed by atoms with Crippen LogP contribution in [0.25, 0.3) is 0 Å². The number of hydrogen-bond acceptors (Lipinski definition) is 6. The SMILES string of the molecule is CC(C)(C)OC(=O)NC(CNO)Cc1ccc(Oc2ccc(Oc3ccc(Cl)cc3)cc2)cc1. The van der Waals surface area contributed by atoms with Gasteiger partial charge in [-0.3, -0.25) is 0 Å². The molecule has 3 rings (SSSR count). The summed E-state index contributed by atoms with van der Waals surface area (Å²) in [5, 5.41) is 12.5. The normalized spacial score (nSPS) is 12.0. The highest BCUT2D eigenvalue weighted by atomic mass is 35.5. The fourth-order valence-electron chi connectivity index (χ4n) is 3.09. The summed E-state index contributed by atoms with van der Waals surface area (Å²) in [4.78, 5) is 12.1. The second-order valence-electron chi connectivity index (χ2n) is 8.68. The highest BCUT2D eigenvalue weighted by Crippen LogP contribution is 2.27. The predicted octanol–water partition coefficient (Wildman–Crippen LogP) is 6.34. The topological polar surface area (TPSA) is 89.1 Å². The number of benzene rings is 3. The molecule has 0 aliphatic rings. The van der Waals surface area contributed by atoms with E-state index in [9.17, 15) is 4.79 Å². The third-order valence-corrected chi connectivity index (χ3v) is 4.82. The molecule has 0 heterocycles. The molecule has 1 amide bonds. The molecule has 1 atom stereocenters. The number of alkyl carbamates (subject to hydrolysis) is 1. The first-order chi connectivity index (χ1) is 16.2. The first kappa shape index (κ1) is 25.4. The Bertz CT molecular complexity index is 1050. The lowest BCUT2D eigenvalue weighted by molar-refractivity contribution is 0.0489. The highest BCUT2D eigenvalue weighted by Gasteiger charge is 2.19. The number of carbonyl (C=O) groups excluding carboxylic acids is 1. The molecule has 0 fully saturated rings. The maximum absolute atomic E-state index is 12.1. The molecule has 3 aromatic carbocycles. The van der Waals surface area contributed by atoms with Gasteiger partial charge in [-0.1, -0.05) is 23.7 Å². The average Bonchev–Trinajstić information content (AvgIpc) is 2.77. The summed E-state index contributed by atoms with van der Waals surface area (Å²) in [6, 6.07) is 21.6. The van der Waals surface area contributed by atoms with Crippen molar-refractivity contribution in [1.29, 1.82) is 0 Å². The zero-order chi connectivity index (χ0) is 24.6. The maximum Gasteiger partial charge on any atom is 0.407 e. The van der Waals surface area contributed by atoms with Crippen molar-refractivity contribution in [3.63, 3.8) is 0 Å². The van der Waals surface area contributed by atoms with Crippen molar-refractivity contribution in [3.8, 4) is 23.0 Å². The number of ether oxygens (including phenoxy) is 3. The first-order valence-corrected chi connectivity index (χ1v) is 11.2. The summed E-state index contributed by atoms with van der Waals surface area (Å²) in [7, 11) is 0. The number of amides is 1. The molecule has 0 spiro atoms. The van der Waals surface area contributed by atoms with Crippen LogP contribution in [0.1, 0.15) is 26.3 Å². The Labute approximate surface area is 204 Å². The van der Waals surface area contributed by atoms with E-state index in [2.05, 4.69) is 10.8 Å². The molecular weight excluding hydrogens is 456 g/mol. The minimum atomic E-state index is -0.597. The van der Waals surface area contributed by atoms with Gasteiger partial charge < -0.3 is 24.7 Å². The van der Waals surface area contributed by atoms with Crippen LogP contribution >= 0.6 is 11.6 Å². The summed E-state index contributed by atoms with van der Waals surface area (Å²) in [6.07, 6.45) is -0.0275. The van der Waals surface area contributed by atoms with Crippen LogP contribution in [0.3, 0.4) is 0 Å². The highest BCUT2D eigenvalue weighted by molar-refractivity contribution is 6.30. The lowest BCUT2D eigenvalue weighted by Crippen LogP contribution is -2.45. The zero-order valence-electron chi connectivity index (χ0n) is 19.4. The molecule has 0 aliphatic heterocycles. The summed E-state index contributed by atoms with van der Waals surface area (Å²) >= 11 is 5.90. The minimum Gasteiger partial charge on any atom is -0.457 e. The van der Waals surface area contributed by atoms with Crippen LogP contribution in [0.15, 0.2) is 72.8 Å². The van der Waals surface area contributed by atoms with E-state index < -0.39 is 11.7 Å². The molecule has 0 radical (unpaired) electrons. The summed E-state index contributed by atoms with van der Waals surface area (Å²) < 4.78 is 17.0. The molecule has 0 bridgehead atoms. The van der Waals surface area contributed by atoms with E-state index in [1.54, 1.807) is 45.0 Å². The molecule has 0 saturated heterocycles. The Hall–Kier alpha value is -3.26. The molecule has 3 aromatic rings. The molecule has 1 unspecified atom stereocenters. The van der Waals surface area contributed by atoms with Crippen molar-refractivity contribution in [2.75, 3.05) is 6.54 Å². The van der Waals surface area contributed by atoms with Crippen molar-refractivity contribution >= 4 is 17.7 Å². The number of hydroxylamine groups is 1. The number of carbonyl (C=O) groups is 1. The molecule has 34 heavy (non-hydrogen) atoms. The molecule has 0 aliphatic carbocycles. The molecule has 7 nitrogen and oxygen atoms in total. The van der Waals surface area contributed by atoms with Crippen LogP contribution in [0.4, 0.5) is 4.79 Å². The van der Waals surface area contributed by atoms with E-state index in [0.29, 0.717) is 34.4 Å². The molecular formula is C26H29ClN2O5. The lowest BCUT2D eigenvalue weighted by Gasteiger charge is -2.23. The van der Waals surface area contributed by atoms with Gasteiger partial charge in [-0.15, -0.1) is 0 Å². The fourth-order valence-corrected chi connectivity index (χ4v) is 3.21. The number of halogens is 1. The predicted molar refractivity (Wildman–Crippen MR) is 131 cm³/mol. The first-order valence-electron chi connectivity index (χ1n) is 10.9. The van der Waals surface area contributed by atoms with Gasteiger partial charge in [0.1, 0.15) is 28.6 Å². The monoisotopic (exact) mass is 484 g/mol. The number of nitrogens with one attached hydrogen (secondary N) is 2. The third kappa shape index (κ3) is 8.59. The summed E-state index contributed by atoms with van der Waals surface area (Å²) in [5.41, 5.74) is 2.48. The van der Waals surface area contributed by atoms with E-state index >= 15 is 0 Å². The fraction of sp³-hybridized carbons (Fsp3) is 0.269. The quantitative estimate of drug-likeness (QED) is 0.307. The molecule has 3 N–H and O–H groups in total. The maximum atomic E-state index is 12.1. The van der Waals surface area contributed by atoms with Crippen molar-refractivity contribution in [1.82, 2.24) is 10.8 Å². The second kappa shape index (κ2) is 11.7. The van der Waals surface area contributed by atoms with Crippen LogP contribution in [-0.4, -0.2) is 29.5 Å². The summed E-state index contributed by atoms with van der Waals surface area (Å²) in [5.74, 6) is 2.73. The molecule has 180 valence electrons. The smallest absolute Gasteiger partial charge is 0.407 e. The van der Waals surface area contributed by atoms with Crippen molar-refractivity contribution in [2.24, 2.45) is 0 Å². The van der Waals surface area contributed by atoms with Crippen molar-refractivity contribution in [3.05, 3.63) is 83.4 Å². The van der Waals surface area contributed by atoms with Gasteiger partial charge >= 0.3 is 6.09 Å². The van der Waals surface area contributed by atoms with Gasteiger partial charge in [0.25, 0.3) is 0 Å². The Morgan fingerprint density at radius 3 is 1.74 bits per heavy atom. The largest absolute Gasteiger partial charge is 0.457 e. The summed E-state index contributed by atoms with van der Waals surface area (Å²) in [6.45, 7) is 5.57. The van der Waals surface area contributed by atoms with Gasteiger partial charge in [0.05, 0.1) is 6.04 Å². The van der Waals surface area contributed by atoms with Crippen LogP contribution in [0.2, 0.25) is 5.02 Å². The van der Waals surface area contributed by atoms with Gasteiger partial charge in [0, 0.05) is 11.6 Å². The Morgan fingerprint density at radius 2 is 1.29 bits per heavy atom. The van der Waals surface area contributed by atoms with E-state index in [0.717, 1.165) is 5.56 Å². The second-order valence-corrected chi connectivity index (χ2v) is 9.12. The Balaban J connectivity index is 1.55. The Kier molecular flexibility index (Phi) is 8.76. The molecule has 0 saturated carbocycles. The van der Waals surface area contributed by atoms with Gasteiger partial charge in [0.2, 0.25) is 0 Å². The third-order valence-electron chi connectivity index (χ3n) is 4.57. The van der Waals surface area contributed by atoms with E-state index in [1.807, 2.05) is 48.5 Å². The average molecular weight is 485 g/mol. The van der Waals surface area contributed by atoms with Gasteiger partial charge in [-0.2, -0.15) is 0 Å². The Morgan fingerprint density at radius 1 is 0.853 bits per heavy atom. The molecule has 8 heteroatoms. The lowest BCUT2D eigenvalue weighted by atomic mass is 10.1. The van der Waals surface area contributed by atoms with E-state index in [-0.39, 0.29) is 12.6 Å². The number of rotatable bonds is 9. The number of hydrogen-bond donors (Lipinski definition) is 3. The van der Waals surface area contributed by atoms with Gasteiger partial charge in [-0.05, 0) is 93.4 Å². The van der Waals surface area contributed by atoms with Gasteiger partial charge in [0.15, 0.2) is 0 Å². The van der Waals surface area contributed by atoms with E-state index in [1.165, 1.54) is 0 Å². The van der Waals surface area contributed by atoms with Crippen LogP contribution in [0.5, 0.6) is 23.0 Å². The van der Waals surface area contributed by atoms with Gasteiger partial charge in [-0.25, -0.2) is 10.3 Å². The molecule has 0 aromatic heterocycles. The minimum absolute atomic E-state index is 0.182. The van der Waals surface area contributed by atoms with Crippen molar-refractivity contribution < 1.29 is 24.2 Å².